The predicted octanol–water partition coefficient (Wildman–Crippen LogP) is 4.16. The summed E-state index contributed by atoms with van der Waals surface area (Å²) in [5, 5.41) is 8.32. The highest BCUT2D eigenvalue weighted by molar-refractivity contribution is 7.80. The van der Waals surface area contributed by atoms with Gasteiger partial charge < -0.3 is 29.0 Å². The third-order valence-electron chi connectivity index (χ3n) is 5.65. The van der Waals surface area contributed by atoms with Gasteiger partial charge in [0.1, 0.15) is 5.75 Å². The van der Waals surface area contributed by atoms with Gasteiger partial charge in [0, 0.05) is 17.8 Å². The summed E-state index contributed by atoms with van der Waals surface area (Å²) in [5.74, 6) is 3.07. The minimum atomic E-state index is -0.235. The number of fused-ring (bicyclic) bond motifs is 1. The number of thiocarbonyl (C=S) groups is 1. The van der Waals surface area contributed by atoms with Gasteiger partial charge in [0.2, 0.25) is 12.6 Å². The standard InChI is InChI=1S/C23H22N4O4S/c1-4-27-13(2)19(20(24-23(27)32)14-5-8-16(28-3)9-6-14)22-25-21(26-31-22)15-7-10-17-18(11-15)30-12-29-17/h5-11,20H,4,12H2,1-3H3,(H,24,32). The molecule has 1 N–H and O–H groups in total. The average molecular weight is 451 g/mol. The van der Waals surface area contributed by atoms with Crippen molar-refractivity contribution in [1.82, 2.24) is 20.4 Å². The van der Waals surface area contributed by atoms with Gasteiger partial charge in [0.05, 0.1) is 18.7 Å². The molecule has 0 amide bonds. The summed E-state index contributed by atoms with van der Waals surface area (Å²) in [6.07, 6.45) is 0. The summed E-state index contributed by atoms with van der Waals surface area (Å²) in [4.78, 5) is 6.74. The highest BCUT2D eigenvalue weighted by Gasteiger charge is 2.33. The molecule has 164 valence electrons. The lowest BCUT2D eigenvalue weighted by Crippen LogP contribution is -2.45. The van der Waals surface area contributed by atoms with Crippen molar-refractivity contribution in [1.29, 1.82) is 0 Å². The van der Waals surface area contributed by atoms with Crippen molar-refractivity contribution in [3.8, 4) is 28.6 Å². The maximum atomic E-state index is 5.75. The van der Waals surface area contributed by atoms with E-state index in [4.69, 9.17) is 35.9 Å². The predicted molar refractivity (Wildman–Crippen MR) is 122 cm³/mol. The van der Waals surface area contributed by atoms with Crippen LogP contribution in [0.25, 0.3) is 17.0 Å². The molecule has 0 fully saturated rings. The topological polar surface area (TPSA) is 81.9 Å². The number of benzene rings is 2. The Kier molecular flexibility index (Phi) is 5.18. The fraction of sp³-hybridized carbons (Fsp3) is 0.261. The molecule has 0 saturated carbocycles. The van der Waals surface area contributed by atoms with E-state index in [1.54, 1.807) is 7.11 Å². The first-order valence-corrected chi connectivity index (χ1v) is 10.7. The number of rotatable bonds is 5. The Labute approximate surface area is 190 Å². The van der Waals surface area contributed by atoms with Gasteiger partial charge in [-0.05, 0) is 62.0 Å². The lowest BCUT2D eigenvalue weighted by atomic mass is 9.94. The highest BCUT2D eigenvalue weighted by atomic mass is 32.1. The number of allylic oxidation sites excluding steroid dienone is 1. The number of methoxy groups -OCH3 is 1. The third-order valence-corrected chi connectivity index (χ3v) is 5.99. The molecule has 1 aromatic heterocycles. The largest absolute Gasteiger partial charge is 0.497 e. The van der Waals surface area contributed by atoms with Gasteiger partial charge in [-0.15, -0.1) is 0 Å². The molecule has 0 radical (unpaired) electrons. The van der Waals surface area contributed by atoms with Crippen LogP contribution in [0.5, 0.6) is 17.2 Å². The zero-order chi connectivity index (χ0) is 22.2. The minimum Gasteiger partial charge on any atom is -0.497 e. The molecule has 2 aliphatic heterocycles. The number of ether oxygens (including phenoxy) is 3. The van der Waals surface area contributed by atoms with Crippen LogP contribution >= 0.6 is 12.2 Å². The molecule has 8 nitrogen and oxygen atoms in total. The van der Waals surface area contributed by atoms with Crippen LogP contribution in [0.2, 0.25) is 0 Å². The molecule has 2 aliphatic rings. The second kappa shape index (κ2) is 8.16. The van der Waals surface area contributed by atoms with Crippen LogP contribution in [0.4, 0.5) is 0 Å². The SMILES string of the molecule is CCN1C(=S)NC(c2ccc(OC)cc2)C(c2nc(-c3ccc4c(c3)OCO4)no2)=C1C. The van der Waals surface area contributed by atoms with Crippen molar-refractivity contribution >= 4 is 22.9 Å². The summed E-state index contributed by atoms with van der Waals surface area (Å²) in [5.41, 5.74) is 3.65. The van der Waals surface area contributed by atoms with Gasteiger partial charge in [-0.2, -0.15) is 4.98 Å². The molecule has 3 heterocycles. The second-order valence-electron chi connectivity index (χ2n) is 7.39. The molecular formula is C23H22N4O4S. The van der Waals surface area contributed by atoms with Crippen LogP contribution in [-0.2, 0) is 0 Å². The highest BCUT2D eigenvalue weighted by Crippen LogP contribution is 2.39. The molecule has 0 saturated heterocycles. The Morgan fingerprint density at radius 3 is 2.69 bits per heavy atom. The Balaban J connectivity index is 1.56. The van der Waals surface area contributed by atoms with Crippen molar-refractivity contribution in [3.05, 3.63) is 59.6 Å². The van der Waals surface area contributed by atoms with Crippen LogP contribution in [0.15, 0.2) is 52.7 Å². The van der Waals surface area contributed by atoms with Gasteiger partial charge in [-0.1, -0.05) is 17.3 Å². The first-order chi connectivity index (χ1) is 15.6. The van der Waals surface area contributed by atoms with Crippen LogP contribution in [0.1, 0.15) is 31.3 Å². The Bertz CT molecular complexity index is 1200. The Morgan fingerprint density at radius 2 is 1.94 bits per heavy atom. The van der Waals surface area contributed by atoms with Crippen molar-refractivity contribution in [2.24, 2.45) is 0 Å². The molecule has 1 unspecified atom stereocenters. The average Bonchev–Trinajstić information content (AvgIpc) is 3.48. The molecule has 1 atom stereocenters. The first-order valence-electron chi connectivity index (χ1n) is 10.3. The van der Waals surface area contributed by atoms with E-state index in [0.29, 0.717) is 28.3 Å². The van der Waals surface area contributed by atoms with Crippen molar-refractivity contribution in [3.63, 3.8) is 0 Å². The fourth-order valence-corrected chi connectivity index (χ4v) is 4.36. The molecule has 5 rings (SSSR count). The molecule has 0 spiro atoms. The minimum absolute atomic E-state index is 0.213. The van der Waals surface area contributed by atoms with Crippen LogP contribution < -0.4 is 19.5 Å². The molecule has 2 aromatic carbocycles. The van der Waals surface area contributed by atoms with Gasteiger partial charge >= 0.3 is 0 Å². The lowest BCUT2D eigenvalue weighted by molar-refractivity contribution is 0.174. The van der Waals surface area contributed by atoms with Gasteiger partial charge in [0.15, 0.2) is 16.6 Å². The number of aromatic nitrogens is 2. The van der Waals surface area contributed by atoms with Crippen molar-refractivity contribution in [2.45, 2.75) is 19.9 Å². The number of nitrogens with zero attached hydrogens (tertiary/aromatic N) is 3. The quantitative estimate of drug-likeness (QED) is 0.576. The van der Waals surface area contributed by atoms with E-state index in [1.807, 2.05) is 54.3 Å². The molecule has 3 aromatic rings. The molecule has 0 bridgehead atoms. The number of nitrogens with one attached hydrogen (secondary N) is 1. The van der Waals surface area contributed by atoms with E-state index < -0.39 is 0 Å². The van der Waals surface area contributed by atoms with Crippen molar-refractivity contribution in [2.75, 3.05) is 20.4 Å². The summed E-state index contributed by atoms with van der Waals surface area (Å²) in [6, 6.07) is 13.2. The first kappa shape index (κ1) is 20.3. The van der Waals surface area contributed by atoms with E-state index in [0.717, 1.165) is 34.7 Å². The fourth-order valence-electron chi connectivity index (χ4n) is 3.97. The van der Waals surface area contributed by atoms with E-state index in [-0.39, 0.29) is 12.8 Å². The summed E-state index contributed by atoms with van der Waals surface area (Å²) < 4.78 is 21.9. The summed E-state index contributed by atoms with van der Waals surface area (Å²) >= 11 is 5.62. The van der Waals surface area contributed by atoms with Gasteiger partial charge in [0.25, 0.3) is 5.89 Å². The van der Waals surface area contributed by atoms with E-state index in [9.17, 15) is 0 Å². The van der Waals surface area contributed by atoms with Gasteiger partial charge in [-0.25, -0.2) is 0 Å². The van der Waals surface area contributed by atoms with Crippen LogP contribution in [0.3, 0.4) is 0 Å². The number of hydrogen-bond donors (Lipinski definition) is 1. The maximum Gasteiger partial charge on any atom is 0.258 e. The van der Waals surface area contributed by atoms with Crippen molar-refractivity contribution < 1.29 is 18.7 Å². The van der Waals surface area contributed by atoms with Crippen LogP contribution in [-0.4, -0.2) is 40.6 Å². The Morgan fingerprint density at radius 1 is 1.16 bits per heavy atom. The van der Waals surface area contributed by atoms with Crippen LogP contribution in [0, 0.1) is 0 Å². The summed E-state index contributed by atoms with van der Waals surface area (Å²) in [6.45, 7) is 5.01. The van der Waals surface area contributed by atoms with E-state index >= 15 is 0 Å². The van der Waals surface area contributed by atoms with Gasteiger partial charge in [-0.3, -0.25) is 0 Å². The molecular weight excluding hydrogens is 428 g/mol. The maximum absolute atomic E-state index is 5.75. The zero-order valence-corrected chi connectivity index (χ0v) is 18.7. The monoisotopic (exact) mass is 450 g/mol. The molecule has 9 heteroatoms. The molecule has 0 aliphatic carbocycles. The normalized spacial score (nSPS) is 17.5. The molecule has 32 heavy (non-hydrogen) atoms. The number of hydrogen-bond acceptors (Lipinski definition) is 7. The lowest BCUT2D eigenvalue weighted by Gasteiger charge is -2.36. The smallest absolute Gasteiger partial charge is 0.258 e. The Hall–Kier alpha value is -3.59. The van der Waals surface area contributed by atoms with E-state index in [2.05, 4.69) is 17.4 Å². The van der Waals surface area contributed by atoms with E-state index in [1.165, 1.54) is 0 Å². The summed E-state index contributed by atoms with van der Waals surface area (Å²) in [7, 11) is 1.65. The zero-order valence-electron chi connectivity index (χ0n) is 17.9. The third kappa shape index (κ3) is 3.44. The second-order valence-corrected chi connectivity index (χ2v) is 7.78.